The second-order valence-electron chi connectivity index (χ2n) is 5.12. The standard InChI is InChI=1S/C17H14Cl3N3O/c1-10(14-5-4-12(18)6-15(14)20)22-9-17(24)23-16-7-13(19)3-2-11(16)8-21/h2-7,10,22H,9H2,1H3,(H,23,24)/t10-/m1/s1. The third-order valence-electron chi connectivity index (χ3n) is 3.37. The maximum absolute atomic E-state index is 12.1. The van der Waals surface area contributed by atoms with Crippen LogP contribution in [0.3, 0.4) is 0 Å². The van der Waals surface area contributed by atoms with Crippen molar-refractivity contribution in [3.63, 3.8) is 0 Å². The Morgan fingerprint density at radius 2 is 1.83 bits per heavy atom. The van der Waals surface area contributed by atoms with Gasteiger partial charge in [-0.1, -0.05) is 40.9 Å². The summed E-state index contributed by atoms with van der Waals surface area (Å²) in [5.74, 6) is -0.286. The molecule has 1 atom stereocenters. The molecular weight excluding hydrogens is 369 g/mol. The third-order valence-corrected chi connectivity index (χ3v) is 4.17. The molecule has 0 fully saturated rings. The molecular formula is C17H14Cl3N3O. The van der Waals surface area contributed by atoms with Crippen molar-refractivity contribution in [1.29, 1.82) is 5.26 Å². The number of halogens is 3. The molecule has 2 rings (SSSR count). The number of nitrogens with one attached hydrogen (secondary N) is 2. The quantitative estimate of drug-likeness (QED) is 0.780. The van der Waals surface area contributed by atoms with Crippen LogP contribution < -0.4 is 10.6 Å². The highest BCUT2D eigenvalue weighted by Gasteiger charge is 2.12. The van der Waals surface area contributed by atoms with E-state index in [-0.39, 0.29) is 18.5 Å². The van der Waals surface area contributed by atoms with Crippen molar-refractivity contribution in [3.05, 3.63) is 62.6 Å². The van der Waals surface area contributed by atoms with Crippen molar-refractivity contribution in [2.45, 2.75) is 13.0 Å². The first kappa shape index (κ1) is 18.6. The first-order valence-corrected chi connectivity index (χ1v) is 8.22. The number of rotatable bonds is 5. The summed E-state index contributed by atoms with van der Waals surface area (Å²) in [4.78, 5) is 12.1. The second kappa shape index (κ2) is 8.36. The molecule has 0 spiro atoms. The Bertz CT molecular complexity index is 802. The zero-order chi connectivity index (χ0) is 17.7. The summed E-state index contributed by atoms with van der Waals surface area (Å²) in [5.41, 5.74) is 1.57. The highest BCUT2D eigenvalue weighted by atomic mass is 35.5. The van der Waals surface area contributed by atoms with E-state index in [9.17, 15) is 4.79 Å². The molecule has 2 N–H and O–H groups in total. The molecule has 0 heterocycles. The summed E-state index contributed by atoms with van der Waals surface area (Å²) in [6.07, 6.45) is 0. The number of carbonyl (C=O) groups is 1. The highest BCUT2D eigenvalue weighted by Crippen LogP contribution is 2.26. The maximum atomic E-state index is 12.1. The zero-order valence-corrected chi connectivity index (χ0v) is 15.0. The first-order valence-electron chi connectivity index (χ1n) is 7.08. The zero-order valence-electron chi connectivity index (χ0n) is 12.7. The van der Waals surface area contributed by atoms with E-state index in [1.54, 1.807) is 24.3 Å². The molecule has 0 saturated carbocycles. The Kier molecular flexibility index (Phi) is 6.47. The van der Waals surface area contributed by atoms with Crippen LogP contribution in [0.15, 0.2) is 36.4 Å². The smallest absolute Gasteiger partial charge is 0.238 e. The minimum absolute atomic E-state index is 0.0531. The SMILES string of the molecule is C[C@@H](NCC(=O)Nc1cc(Cl)ccc1C#N)c1ccc(Cl)cc1Cl. The summed E-state index contributed by atoms with van der Waals surface area (Å²) in [7, 11) is 0. The fourth-order valence-corrected chi connectivity index (χ4v) is 2.86. The molecule has 0 unspecified atom stereocenters. The third kappa shape index (κ3) is 4.86. The lowest BCUT2D eigenvalue weighted by Gasteiger charge is -2.16. The van der Waals surface area contributed by atoms with Crippen LogP contribution in [0.25, 0.3) is 0 Å². The van der Waals surface area contributed by atoms with Crippen molar-refractivity contribution in [3.8, 4) is 6.07 Å². The van der Waals surface area contributed by atoms with E-state index in [0.717, 1.165) is 5.56 Å². The van der Waals surface area contributed by atoms with Gasteiger partial charge in [-0.25, -0.2) is 0 Å². The minimum atomic E-state index is -0.286. The van der Waals surface area contributed by atoms with Gasteiger partial charge in [-0.05, 0) is 42.8 Å². The molecule has 0 aliphatic carbocycles. The van der Waals surface area contributed by atoms with Gasteiger partial charge in [-0.15, -0.1) is 0 Å². The summed E-state index contributed by atoms with van der Waals surface area (Å²) in [5, 5.41) is 16.3. The average Bonchev–Trinajstić information content (AvgIpc) is 2.53. The van der Waals surface area contributed by atoms with Crippen molar-refractivity contribution < 1.29 is 4.79 Å². The van der Waals surface area contributed by atoms with E-state index in [2.05, 4.69) is 10.6 Å². The fourth-order valence-electron chi connectivity index (χ4n) is 2.12. The van der Waals surface area contributed by atoms with Crippen LogP contribution in [-0.4, -0.2) is 12.5 Å². The van der Waals surface area contributed by atoms with Gasteiger partial charge in [0.15, 0.2) is 0 Å². The van der Waals surface area contributed by atoms with Crippen LogP contribution >= 0.6 is 34.8 Å². The Labute approximate surface area is 155 Å². The van der Waals surface area contributed by atoms with Gasteiger partial charge in [-0.2, -0.15) is 5.26 Å². The number of nitriles is 1. The van der Waals surface area contributed by atoms with Crippen molar-refractivity contribution in [1.82, 2.24) is 5.32 Å². The largest absolute Gasteiger partial charge is 0.324 e. The molecule has 0 saturated heterocycles. The van der Waals surface area contributed by atoms with Gasteiger partial charge in [0.05, 0.1) is 17.8 Å². The molecule has 4 nitrogen and oxygen atoms in total. The predicted molar refractivity (Wildman–Crippen MR) is 97.7 cm³/mol. The lowest BCUT2D eigenvalue weighted by atomic mass is 10.1. The van der Waals surface area contributed by atoms with Crippen LogP contribution in [0.2, 0.25) is 15.1 Å². The number of amides is 1. The van der Waals surface area contributed by atoms with E-state index in [4.69, 9.17) is 40.1 Å². The Morgan fingerprint density at radius 1 is 1.17 bits per heavy atom. The summed E-state index contributed by atoms with van der Waals surface area (Å²) in [6, 6.07) is 11.8. The highest BCUT2D eigenvalue weighted by molar-refractivity contribution is 6.35. The van der Waals surface area contributed by atoms with Gasteiger partial charge in [0.25, 0.3) is 0 Å². The van der Waals surface area contributed by atoms with E-state index in [1.165, 1.54) is 6.07 Å². The second-order valence-corrected chi connectivity index (χ2v) is 6.40. The topological polar surface area (TPSA) is 64.9 Å². The number of nitrogens with zero attached hydrogens (tertiary/aromatic N) is 1. The molecule has 0 aliphatic heterocycles. The Balaban J connectivity index is 1.98. The van der Waals surface area contributed by atoms with E-state index in [0.29, 0.717) is 26.3 Å². The van der Waals surface area contributed by atoms with Crippen LogP contribution in [0.1, 0.15) is 24.1 Å². The van der Waals surface area contributed by atoms with Crippen LogP contribution in [0.5, 0.6) is 0 Å². The molecule has 0 radical (unpaired) electrons. The molecule has 7 heteroatoms. The lowest BCUT2D eigenvalue weighted by molar-refractivity contribution is -0.115. The Hall–Kier alpha value is -1.77. The lowest BCUT2D eigenvalue weighted by Crippen LogP contribution is -2.30. The molecule has 2 aromatic carbocycles. The van der Waals surface area contributed by atoms with Gasteiger partial charge in [0.2, 0.25) is 5.91 Å². The van der Waals surface area contributed by atoms with Crippen LogP contribution in [0.4, 0.5) is 5.69 Å². The molecule has 0 bridgehead atoms. The van der Waals surface area contributed by atoms with Crippen molar-refractivity contribution >= 4 is 46.4 Å². The van der Waals surface area contributed by atoms with Crippen molar-refractivity contribution in [2.75, 3.05) is 11.9 Å². The van der Waals surface area contributed by atoms with Gasteiger partial charge >= 0.3 is 0 Å². The fraction of sp³-hybridized carbons (Fsp3) is 0.176. The maximum Gasteiger partial charge on any atom is 0.238 e. The van der Waals surface area contributed by atoms with Gasteiger partial charge in [-0.3, -0.25) is 4.79 Å². The van der Waals surface area contributed by atoms with Gasteiger partial charge in [0.1, 0.15) is 6.07 Å². The predicted octanol–water partition coefficient (Wildman–Crippen LogP) is 4.81. The van der Waals surface area contributed by atoms with E-state index in [1.807, 2.05) is 19.1 Å². The Morgan fingerprint density at radius 3 is 2.50 bits per heavy atom. The molecule has 124 valence electrons. The first-order chi connectivity index (χ1) is 11.4. The van der Waals surface area contributed by atoms with Crippen molar-refractivity contribution in [2.24, 2.45) is 0 Å². The number of hydrogen-bond donors (Lipinski definition) is 2. The number of carbonyl (C=O) groups excluding carboxylic acids is 1. The summed E-state index contributed by atoms with van der Waals surface area (Å²) >= 11 is 17.9. The van der Waals surface area contributed by atoms with Gasteiger partial charge in [0, 0.05) is 21.1 Å². The molecule has 2 aromatic rings. The van der Waals surface area contributed by atoms with E-state index >= 15 is 0 Å². The van der Waals surface area contributed by atoms with Crippen LogP contribution in [0, 0.1) is 11.3 Å². The summed E-state index contributed by atoms with van der Waals surface area (Å²) < 4.78 is 0. The average molecular weight is 383 g/mol. The van der Waals surface area contributed by atoms with E-state index < -0.39 is 0 Å². The number of anilines is 1. The summed E-state index contributed by atoms with van der Waals surface area (Å²) in [6.45, 7) is 1.94. The number of benzene rings is 2. The monoisotopic (exact) mass is 381 g/mol. The number of hydrogen-bond acceptors (Lipinski definition) is 3. The van der Waals surface area contributed by atoms with Crippen LogP contribution in [-0.2, 0) is 4.79 Å². The molecule has 0 aliphatic rings. The minimum Gasteiger partial charge on any atom is -0.324 e. The molecule has 0 aromatic heterocycles. The molecule has 1 amide bonds. The molecule has 24 heavy (non-hydrogen) atoms. The normalized spacial score (nSPS) is 11.6. The van der Waals surface area contributed by atoms with Gasteiger partial charge < -0.3 is 10.6 Å².